The molecule has 2 fully saturated rings. The van der Waals surface area contributed by atoms with E-state index in [0.717, 1.165) is 31.7 Å². The number of nitrogens with zero attached hydrogens (tertiary/aromatic N) is 1. The second kappa shape index (κ2) is 5.31. The van der Waals surface area contributed by atoms with Crippen LogP contribution >= 0.6 is 0 Å². The highest BCUT2D eigenvalue weighted by Gasteiger charge is 2.37. The molecule has 0 radical (unpaired) electrons. The summed E-state index contributed by atoms with van der Waals surface area (Å²) in [5.74, 6) is 0.296. The number of carbonyl (C=O) groups is 1. The van der Waals surface area contributed by atoms with E-state index in [-0.39, 0.29) is 0 Å². The van der Waals surface area contributed by atoms with Crippen molar-refractivity contribution in [1.82, 2.24) is 10.2 Å². The molecule has 4 nitrogen and oxygen atoms in total. The van der Waals surface area contributed by atoms with Crippen molar-refractivity contribution in [3.05, 3.63) is 35.9 Å². The molecule has 2 saturated heterocycles. The van der Waals surface area contributed by atoms with Crippen molar-refractivity contribution in [3.63, 3.8) is 0 Å². The van der Waals surface area contributed by atoms with Gasteiger partial charge >= 0.3 is 5.97 Å². The fraction of sp³-hybridized carbons (Fsp3) is 0.533. The molecular weight excluding hydrogens is 240 g/mol. The molecule has 1 unspecified atom stereocenters. The van der Waals surface area contributed by atoms with E-state index in [1.165, 1.54) is 0 Å². The van der Waals surface area contributed by atoms with Crippen LogP contribution < -0.4 is 5.32 Å². The van der Waals surface area contributed by atoms with E-state index in [2.05, 4.69) is 10.2 Å². The third-order valence-electron chi connectivity index (χ3n) is 4.41. The summed E-state index contributed by atoms with van der Waals surface area (Å²) >= 11 is 0. The molecule has 0 saturated carbocycles. The lowest BCUT2D eigenvalue weighted by Gasteiger charge is -2.22. The molecule has 19 heavy (non-hydrogen) atoms. The van der Waals surface area contributed by atoms with Gasteiger partial charge in [-0.15, -0.1) is 0 Å². The predicted molar refractivity (Wildman–Crippen MR) is 73.1 cm³/mol. The first-order valence-electron chi connectivity index (χ1n) is 6.95. The van der Waals surface area contributed by atoms with E-state index < -0.39 is 11.9 Å². The summed E-state index contributed by atoms with van der Waals surface area (Å²) < 4.78 is 0. The number of rotatable bonds is 4. The standard InChI is InChI=1S/C15H20N2O2/c18-15(19)14(11-4-2-1-3-5-11)10-17-8-12-6-16-7-13(12)9-17/h1-5,12-14,16H,6-10H2,(H,18,19)/t12-,13+,14?. The minimum Gasteiger partial charge on any atom is -0.481 e. The molecule has 2 aliphatic heterocycles. The van der Waals surface area contributed by atoms with E-state index in [1.54, 1.807) is 0 Å². The number of nitrogens with one attached hydrogen (secondary N) is 1. The molecule has 0 aromatic heterocycles. The van der Waals surface area contributed by atoms with Crippen LogP contribution in [0.25, 0.3) is 0 Å². The van der Waals surface area contributed by atoms with Gasteiger partial charge in [0.15, 0.2) is 0 Å². The van der Waals surface area contributed by atoms with E-state index in [0.29, 0.717) is 18.4 Å². The number of hydrogen-bond donors (Lipinski definition) is 2. The van der Waals surface area contributed by atoms with Crippen LogP contribution in [-0.2, 0) is 4.79 Å². The fourth-order valence-electron chi connectivity index (χ4n) is 3.37. The van der Waals surface area contributed by atoms with Gasteiger partial charge in [0.1, 0.15) is 0 Å². The zero-order chi connectivity index (χ0) is 13.2. The zero-order valence-corrected chi connectivity index (χ0v) is 11.0. The number of benzene rings is 1. The number of likely N-dealkylation sites (tertiary alicyclic amines) is 1. The van der Waals surface area contributed by atoms with Crippen molar-refractivity contribution < 1.29 is 9.90 Å². The topological polar surface area (TPSA) is 52.6 Å². The Morgan fingerprint density at radius 1 is 1.26 bits per heavy atom. The Hall–Kier alpha value is -1.39. The van der Waals surface area contributed by atoms with Gasteiger partial charge in [0.2, 0.25) is 0 Å². The highest BCUT2D eigenvalue weighted by Crippen LogP contribution is 2.28. The smallest absolute Gasteiger partial charge is 0.312 e. The summed E-state index contributed by atoms with van der Waals surface area (Å²) in [4.78, 5) is 13.8. The average Bonchev–Trinajstić information content (AvgIpc) is 2.97. The molecule has 1 aromatic rings. The van der Waals surface area contributed by atoms with Crippen LogP contribution in [0.4, 0.5) is 0 Å². The predicted octanol–water partition coefficient (Wildman–Crippen LogP) is 1.01. The number of aliphatic carboxylic acids is 1. The monoisotopic (exact) mass is 260 g/mol. The highest BCUT2D eigenvalue weighted by molar-refractivity contribution is 5.76. The summed E-state index contributed by atoms with van der Waals surface area (Å²) in [6, 6.07) is 9.57. The van der Waals surface area contributed by atoms with Crippen LogP contribution in [0.1, 0.15) is 11.5 Å². The normalized spacial score (nSPS) is 28.2. The Morgan fingerprint density at radius 2 is 1.89 bits per heavy atom. The minimum absolute atomic E-state index is 0.409. The molecule has 3 atom stereocenters. The Bertz CT molecular complexity index is 437. The van der Waals surface area contributed by atoms with E-state index in [9.17, 15) is 9.90 Å². The molecule has 2 heterocycles. The van der Waals surface area contributed by atoms with Gasteiger partial charge in [0.25, 0.3) is 0 Å². The largest absolute Gasteiger partial charge is 0.481 e. The summed E-state index contributed by atoms with van der Waals surface area (Å²) in [6.45, 7) is 4.88. The van der Waals surface area contributed by atoms with Gasteiger partial charge < -0.3 is 15.3 Å². The number of fused-ring (bicyclic) bond motifs is 1. The Kier molecular flexibility index (Phi) is 3.53. The molecule has 2 N–H and O–H groups in total. The maximum absolute atomic E-state index is 11.5. The van der Waals surface area contributed by atoms with Crippen LogP contribution in [-0.4, -0.2) is 48.7 Å². The van der Waals surface area contributed by atoms with Crippen molar-refractivity contribution in [2.45, 2.75) is 5.92 Å². The SMILES string of the molecule is O=C(O)C(CN1C[C@H]2CNC[C@H]2C1)c1ccccc1. The van der Waals surface area contributed by atoms with Crippen molar-refractivity contribution in [2.75, 3.05) is 32.7 Å². The van der Waals surface area contributed by atoms with Crippen LogP contribution in [0.5, 0.6) is 0 Å². The second-order valence-electron chi connectivity index (χ2n) is 5.70. The molecular formula is C15H20N2O2. The summed E-state index contributed by atoms with van der Waals surface area (Å²) in [7, 11) is 0. The van der Waals surface area contributed by atoms with E-state index in [4.69, 9.17) is 0 Å². The lowest BCUT2D eigenvalue weighted by atomic mass is 9.99. The van der Waals surface area contributed by atoms with Crippen LogP contribution in [0.15, 0.2) is 30.3 Å². The van der Waals surface area contributed by atoms with E-state index >= 15 is 0 Å². The fourth-order valence-corrected chi connectivity index (χ4v) is 3.37. The van der Waals surface area contributed by atoms with Crippen LogP contribution in [0.3, 0.4) is 0 Å². The lowest BCUT2D eigenvalue weighted by molar-refractivity contribution is -0.139. The maximum Gasteiger partial charge on any atom is 0.312 e. The van der Waals surface area contributed by atoms with Gasteiger partial charge in [0, 0.05) is 19.6 Å². The van der Waals surface area contributed by atoms with Gasteiger partial charge in [0.05, 0.1) is 5.92 Å². The average molecular weight is 260 g/mol. The molecule has 2 aliphatic rings. The summed E-state index contributed by atoms with van der Waals surface area (Å²) in [6.07, 6.45) is 0. The first kappa shape index (κ1) is 12.6. The highest BCUT2D eigenvalue weighted by atomic mass is 16.4. The minimum atomic E-state index is -0.721. The molecule has 4 heteroatoms. The summed E-state index contributed by atoms with van der Waals surface area (Å²) in [5.41, 5.74) is 0.908. The quantitative estimate of drug-likeness (QED) is 0.848. The van der Waals surface area contributed by atoms with Crippen molar-refractivity contribution in [2.24, 2.45) is 11.8 Å². The molecule has 0 bridgehead atoms. The number of hydrogen-bond acceptors (Lipinski definition) is 3. The number of carboxylic acids is 1. The van der Waals surface area contributed by atoms with Gasteiger partial charge in [-0.05, 0) is 30.5 Å². The van der Waals surface area contributed by atoms with Crippen LogP contribution in [0, 0.1) is 11.8 Å². The van der Waals surface area contributed by atoms with Crippen molar-refractivity contribution in [3.8, 4) is 0 Å². The van der Waals surface area contributed by atoms with Gasteiger partial charge in [-0.3, -0.25) is 4.79 Å². The summed E-state index contributed by atoms with van der Waals surface area (Å²) in [5, 5.41) is 12.9. The van der Waals surface area contributed by atoms with Crippen molar-refractivity contribution >= 4 is 5.97 Å². The Labute approximate surface area is 113 Å². The molecule has 0 aliphatic carbocycles. The van der Waals surface area contributed by atoms with Crippen LogP contribution in [0.2, 0.25) is 0 Å². The maximum atomic E-state index is 11.5. The molecule has 3 rings (SSSR count). The third-order valence-corrected chi connectivity index (χ3v) is 4.41. The Balaban J connectivity index is 1.68. The zero-order valence-electron chi connectivity index (χ0n) is 11.0. The molecule has 1 aromatic carbocycles. The van der Waals surface area contributed by atoms with E-state index in [1.807, 2.05) is 30.3 Å². The van der Waals surface area contributed by atoms with Crippen molar-refractivity contribution in [1.29, 1.82) is 0 Å². The molecule has 102 valence electrons. The van der Waals surface area contributed by atoms with Gasteiger partial charge in [-0.2, -0.15) is 0 Å². The first-order chi connectivity index (χ1) is 9.24. The Morgan fingerprint density at radius 3 is 2.47 bits per heavy atom. The lowest BCUT2D eigenvalue weighted by Crippen LogP contribution is -2.32. The molecule has 0 spiro atoms. The third kappa shape index (κ3) is 2.65. The van der Waals surface area contributed by atoms with Gasteiger partial charge in [-0.25, -0.2) is 0 Å². The second-order valence-corrected chi connectivity index (χ2v) is 5.70. The molecule has 0 amide bonds. The van der Waals surface area contributed by atoms with Gasteiger partial charge in [-0.1, -0.05) is 30.3 Å². The number of carboxylic acid groups (broad SMARTS) is 1. The first-order valence-corrected chi connectivity index (χ1v) is 6.95.